The number of benzene rings is 8. The second kappa shape index (κ2) is 12.0. The van der Waals surface area contributed by atoms with Gasteiger partial charge in [0.2, 0.25) is 0 Å². The summed E-state index contributed by atoms with van der Waals surface area (Å²) in [6.07, 6.45) is 0. The summed E-state index contributed by atoms with van der Waals surface area (Å²) in [4.78, 5) is 13.7. The molecule has 0 bridgehead atoms. The Morgan fingerprint density at radius 1 is 0.444 bits per heavy atom. The zero-order chi connectivity index (χ0) is 36.7. The van der Waals surface area contributed by atoms with Crippen molar-refractivity contribution in [2.75, 3.05) is 0 Å². The molecule has 0 aliphatic heterocycles. The predicted octanol–water partition coefficient (Wildman–Crippen LogP) is 13.4. The molecule has 0 spiro atoms. The maximum Gasteiger partial charge on any atom is 0.193 e. The molecule has 1 aromatic heterocycles. The lowest BCUT2D eigenvalue weighted by Gasteiger charge is -2.36. The number of nitrogens with zero attached hydrogens (tertiary/aromatic N) is 1. The Balaban J connectivity index is 1.12. The predicted molar refractivity (Wildman–Crippen MR) is 226 cm³/mol. The third-order valence-electron chi connectivity index (χ3n) is 11.6. The second-order valence-corrected chi connectivity index (χ2v) is 15.5. The first-order valence-electron chi connectivity index (χ1n) is 18.8. The van der Waals surface area contributed by atoms with Crippen LogP contribution in [0.1, 0.15) is 52.0 Å². The first-order chi connectivity index (χ1) is 26.3. The summed E-state index contributed by atoms with van der Waals surface area (Å²) >= 11 is 0. The van der Waals surface area contributed by atoms with Crippen LogP contribution >= 0.6 is 0 Å². The van der Waals surface area contributed by atoms with Gasteiger partial charge in [-0.25, -0.2) is 0 Å². The number of rotatable bonds is 4. The Labute approximate surface area is 316 Å². The van der Waals surface area contributed by atoms with Crippen molar-refractivity contribution in [1.82, 2.24) is 4.57 Å². The van der Waals surface area contributed by atoms with Gasteiger partial charge >= 0.3 is 0 Å². The van der Waals surface area contributed by atoms with E-state index < -0.39 is 0 Å². The minimum atomic E-state index is -0.310. The molecule has 8 aromatic carbocycles. The van der Waals surface area contributed by atoms with E-state index in [0.717, 1.165) is 38.9 Å². The van der Waals surface area contributed by atoms with Gasteiger partial charge in [-0.2, -0.15) is 0 Å². The molecule has 2 nitrogen and oxygen atoms in total. The molecule has 1 aliphatic rings. The zero-order valence-electron chi connectivity index (χ0n) is 30.9. The summed E-state index contributed by atoms with van der Waals surface area (Å²) in [5, 5.41) is 4.96. The molecule has 54 heavy (non-hydrogen) atoms. The Kier molecular flexibility index (Phi) is 7.16. The van der Waals surface area contributed by atoms with E-state index in [9.17, 15) is 4.79 Å². The molecule has 2 heteroatoms. The molecular formula is C52H39NO. The number of hydrogen-bond donors (Lipinski definition) is 0. The van der Waals surface area contributed by atoms with Crippen molar-refractivity contribution in [1.29, 1.82) is 0 Å². The molecule has 0 N–H and O–H groups in total. The summed E-state index contributed by atoms with van der Waals surface area (Å²) in [6, 6.07) is 59.0. The van der Waals surface area contributed by atoms with Crippen LogP contribution in [-0.2, 0) is 5.41 Å². The average Bonchev–Trinajstić information content (AvgIpc) is 3.52. The normalized spacial score (nSPS) is 13.4. The van der Waals surface area contributed by atoms with E-state index in [1.54, 1.807) is 0 Å². The number of ketones is 1. The number of fused-ring (bicyclic) bond motifs is 6. The van der Waals surface area contributed by atoms with Gasteiger partial charge in [-0.15, -0.1) is 0 Å². The lowest BCUT2D eigenvalue weighted by molar-refractivity contribution is 0.103. The molecule has 0 radical (unpaired) electrons. The van der Waals surface area contributed by atoms with Crippen LogP contribution in [0.2, 0.25) is 0 Å². The second-order valence-electron chi connectivity index (χ2n) is 15.5. The van der Waals surface area contributed by atoms with Crippen molar-refractivity contribution in [2.45, 2.75) is 33.1 Å². The molecule has 0 atom stereocenters. The van der Waals surface area contributed by atoms with Gasteiger partial charge in [0.15, 0.2) is 5.78 Å². The molecule has 0 saturated heterocycles. The highest BCUT2D eigenvalue weighted by molar-refractivity contribution is 6.15. The number of aryl methyl sites for hydroxylation is 2. The fraction of sp³-hybridized carbons (Fsp3) is 0.0962. The van der Waals surface area contributed by atoms with Crippen LogP contribution in [0.5, 0.6) is 0 Å². The van der Waals surface area contributed by atoms with Crippen LogP contribution in [-0.4, -0.2) is 10.4 Å². The first kappa shape index (κ1) is 32.2. The van der Waals surface area contributed by atoms with Crippen molar-refractivity contribution in [3.05, 3.63) is 197 Å². The fourth-order valence-electron chi connectivity index (χ4n) is 9.21. The SMILES string of the molecule is Cc1cc(C)cc(-n2c3ccc(-c4ccc(-c5cccc6c5C(C)(C)c5ccccc5C6=O)cc4)cc3c3cc(-c4cccc5ccccc45)ccc32)c1. The van der Waals surface area contributed by atoms with E-state index in [1.807, 2.05) is 30.3 Å². The largest absolute Gasteiger partial charge is 0.309 e. The summed E-state index contributed by atoms with van der Waals surface area (Å²) in [5.74, 6) is 0.107. The molecule has 0 saturated carbocycles. The Morgan fingerprint density at radius 2 is 1.00 bits per heavy atom. The quantitative estimate of drug-likeness (QED) is 0.180. The van der Waals surface area contributed by atoms with Gasteiger partial charge in [0.25, 0.3) is 0 Å². The van der Waals surface area contributed by atoms with Gasteiger partial charge in [0.05, 0.1) is 11.0 Å². The summed E-state index contributed by atoms with van der Waals surface area (Å²) in [5.41, 5.74) is 16.5. The Morgan fingerprint density at radius 3 is 1.78 bits per heavy atom. The monoisotopic (exact) mass is 693 g/mol. The maximum absolute atomic E-state index is 13.7. The highest BCUT2D eigenvalue weighted by atomic mass is 16.1. The fourth-order valence-corrected chi connectivity index (χ4v) is 9.21. The standard InChI is InChI=1S/C52H39NO/c1-32-27-33(2)29-39(28-32)53-48-25-23-37(30-45(48)46-31-38(24-26-49(46)53)41-15-9-12-35-11-5-6-13-40(35)41)34-19-21-36(22-20-34)42-16-10-17-44-50(42)52(3,4)47-18-8-7-14-43(47)51(44)54/h5-31H,1-4H3. The minimum absolute atomic E-state index is 0.107. The number of carbonyl (C=O) groups is 1. The molecule has 0 amide bonds. The van der Waals surface area contributed by atoms with Crippen LogP contribution in [0.4, 0.5) is 0 Å². The van der Waals surface area contributed by atoms with Crippen molar-refractivity contribution >= 4 is 38.4 Å². The molecule has 0 fully saturated rings. The van der Waals surface area contributed by atoms with E-state index in [2.05, 4.69) is 166 Å². The Bertz CT molecular complexity index is 2970. The minimum Gasteiger partial charge on any atom is -0.309 e. The van der Waals surface area contributed by atoms with Crippen LogP contribution < -0.4 is 0 Å². The molecule has 10 rings (SSSR count). The van der Waals surface area contributed by atoms with Gasteiger partial charge < -0.3 is 4.57 Å². The van der Waals surface area contributed by atoms with Crippen LogP contribution in [0.25, 0.3) is 71.6 Å². The maximum atomic E-state index is 13.7. The Hall–Kier alpha value is -6.51. The van der Waals surface area contributed by atoms with E-state index in [1.165, 1.54) is 66.1 Å². The van der Waals surface area contributed by atoms with E-state index in [4.69, 9.17) is 0 Å². The average molecular weight is 694 g/mol. The highest BCUT2D eigenvalue weighted by Gasteiger charge is 2.38. The molecule has 0 unspecified atom stereocenters. The van der Waals surface area contributed by atoms with Gasteiger partial charge in [0.1, 0.15) is 0 Å². The molecular weight excluding hydrogens is 655 g/mol. The summed E-state index contributed by atoms with van der Waals surface area (Å²) in [7, 11) is 0. The third-order valence-corrected chi connectivity index (χ3v) is 11.6. The van der Waals surface area contributed by atoms with Crippen LogP contribution in [0.3, 0.4) is 0 Å². The van der Waals surface area contributed by atoms with Crippen molar-refractivity contribution in [3.63, 3.8) is 0 Å². The number of carbonyl (C=O) groups excluding carboxylic acids is 1. The molecule has 9 aromatic rings. The number of aromatic nitrogens is 1. The molecule has 1 heterocycles. The van der Waals surface area contributed by atoms with E-state index in [0.29, 0.717) is 0 Å². The van der Waals surface area contributed by atoms with Gasteiger partial charge in [-0.1, -0.05) is 141 Å². The van der Waals surface area contributed by atoms with Crippen LogP contribution in [0, 0.1) is 13.8 Å². The smallest absolute Gasteiger partial charge is 0.193 e. The lowest BCUT2D eigenvalue weighted by atomic mass is 9.66. The highest BCUT2D eigenvalue weighted by Crippen LogP contribution is 2.46. The summed E-state index contributed by atoms with van der Waals surface area (Å²) in [6.45, 7) is 8.83. The summed E-state index contributed by atoms with van der Waals surface area (Å²) < 4.78 is 2.42. The van der Waals surface area contributed by atoms with Gasteiger partial charge in [-0.3, -0.25) is 4.79 Å². The van der Waals surface area contributed by atoms with Gasteiger partial charge in [0, 0.05) is 33.0 Å². The topological polar surface area (TPSA) is 22.0 Å². The zero-order valence-corrected chi connectivity index (χ0v) is 30.9. The van der Waals surface area contributed by atoms with Crippen molar-refractivity contribution in [3.8, 4) is 39.1 Å². The van der Waals surface area contributed by atoms with Gasteiger partial charge in [-0.05, 0) is 117 Å². The van der Waals surface area contributed by atoms with Crippen molar-refractivity contribution in [2.24, 2.45) is 0 Å². The van der Waals surface area contributed by atoms with E-state index >= 15 is 0 Å². The molecule has 258 valence electrons. The first-order valence-corrected chi connectivity index (χ1v) is 18.8. The third kappa shape index (κ3) is 4.90. The van der Waals surface area contributed by atoms with Crippen LogP contribution in [0.15, 0.2) is 164 Å². The molecule has 1 aliphatic carbocycles. The lowest BCUT2D eigenvalue weighted by Crippen LogP contribution is -2.31. The van der Waals surface area contributed by atoms with Crippen molar-refractivity contribution < 1.29 is 4.79 Å². The van der Waals surface area contributed by atoms with E-state index in [-0.39, 0.29) is 11.2 Å². The number of hydrogen-bond acceptors (Lipinski definition) is 1.